The average molecular weight is 281 g/mol. The van der Waals surface area contributed by atoms with Gasteiger partial charge in [0, 0.05) is 12.1 Å². The monoisotopic (exact) mass is 281 g/mol. The van der Waals surface area contributed by atoms with Gasteiger partial charge in [0.2, 0.25) is 0 Å². The first-order chi connectivity index (χ1) is 9.27. The van der Waals surface area contributed by atoms with E-state index in [1.54, 1.807) is 27.7 Å². The Morgan fingerprint density at radius 1 is 0.800 bits per heavy atom. The van der Waals surface area contributed by atoms with Crippen LogP contribution in [0.4, 0.5) is 18.9 Å². The third-order valence-electron chi connectivity index (χ3n) is 2.89. The summed E-state index contributed by atoms with van der Waals surface area (Å²) in [6.45, 7) is 6.78. The van der Waals surface area contributed by atoms with Crippen LogP contribution in [0, 0.1) is 40.1 Å². The van der Waals surface area contributed by atoms with Crippen molar-refractivity contribution in [2.45, 2.75) is 39.8 Å². The van der Waals surface area contributed by atoms with Crippen molar-refractivity contribution in [1.29, 1.82) is 10.5 Å². The maximum Gasteiger partial charge on any atom is 0.186 e. The van der Waals surface area contributed by atoms with Crippen LogP contribution in [0.1, 0.15) is 38.8 Å². The Kier molecular flexibility index (Phi) is 4.62. The summed E-state index contributed by atoms with van der Waals surface area (Å²) < 4.78 is 42.2. The molecule has 6 heteroatoms. The van der Waals surface area contributed by atoms with E-state index in [1.807, 2.05) is 0 Å². The number of anilines is 1. The molecule has 0 amide bonds. The molecule has 0 aliphatic heterocycles. The van der Waals surface area contributed by atoms with E-state index in [9.17, 15) is 13.2 Å². The summed E-state index contributed by atoms with van der Waals surface area (Å²) in [6, 6.07) is 2.14. The van der Waals surface area contributed by atoms with Crippen molar-refractivity contribution in [2.24, 2.45) is 0 Å². The van der Waals surface area contributed by atoms with Gasteiger partial charge in [-0.15, -0.1) is 0 Å². The van der Waals surface area contributed by atoms with Crippen LogP contribution in [-0.4, -0.2) is 12.1 Å². The van der Waals surface area contributed by atoms with E-state index in [-0.39, 0.29) is 12.1 Å². The van der Waals surface area contributed by atoms with Crippen LogP contribution in [0.15, 0.2) is 0 Å². The molecule has 0 N–H and O–H groups in total. The second-order valence-electron chi connectivity index (χ2n) is 4.86. The number of hydrogen-bond donors (Lipinski definition) is 0. The summed E-state index contributed by atoms with van der Waals surface area (Å²) in [7, 11) is 0. The SMILES string of the molecule is CC(C)N(c1c(F)c(F)c(C#N)c(C#N)c1F)C(C)C. The average Bonchev–Trinajstić information content (AvgIpc) is 2.37. The van der Waals surface area contributed by atoms with E-state index >= 15 is 0 Å². The maximum atomic E-state index is 14.3. The summed E-state index contributed by atoms with van der Waals surface area (Å²) in [6.07, 6.45) is 0. The number of halogens is 3. The standard InChI is InChI=1S/C14H14F3N3/c1-7(2)20(8(3)4)14-12(16)10(6-19)9(5-18)11(15)13(14)17/h7-8H,1-4H3. The second kappa shape index (κ2) is 5.83. The van der Waals surface area contributed by atoms with Crippen molar-refractivity contribution in [2.75, 3.05) is 4.90 Å². The van der Waals surface area contributed by atoms with E-state index in [0.29, 0.717) is 0 Å². The second-order valence-corrected chi connectivity index (χ2v) is 4.86. The quantitative estimate of drug-likeness (QED) is 0.797. The maximum absolute atomic E-state index is 14.3. The molecule has 1 aromatic carbocycles. The minimum Gasteiger partial charge on any atom is -0.362 e. The van der Waals surface area contributed by atoms with Crippen molar-refractivity contribution >= 4 is 5.69 Å². The lowest BCUT2D eigenvalue weighted by molar-refractivity contribution is 0.475. The van der Waals surface area contributed by atoms with Crippen LogP contribution in [0.2, 0.25) is 0 Å². The minimum absolute atomic E-state index is 0.308. The molecule has 0 aromatic heterocycles. The highest BCUT2D eigenvalue weighted by Gasteiger charge is 2.30. The topological polar surface area (TPSA) is 50.8 Å². The van der Waals surface area contributed by atoms with Crippen LogP contribution in [0.25, 0.3) is 0 Å². The number of hydrogen-bond acceptors (Lipinski definition) is 3. The molecule has 0 bridgehead atoms. The van der Waals surface area contributed by atoms with Gasteiger partial charge in [-0.25, -0.2) is 13.2 Å². The van der Waals surface area contributed by atoms with Crippen molar-refractivity contribution in [3.63, 3.8) is 0 Å². The summed E-state index contributed by atoms with van der Waals surface area (Å²) in [4.78, 5) is 1.33. The zero-order valence-corrected chi connectivity index (χ0v) is 11.6. The van der Waals surface area contributed by atoms with Gasteiger partial charge in [-0.05, 0) is 27.7 Å². The Morgan fingerprint density at radius 3 is 1.55 bits per heavy atom. The molecule has 0 aliphatic carbocycles. The smallest absolute Gasteiger partial charge is 0.186 e. The van der Waals surface area contributed by atoms with Crippen LogP contribution >= 0.6 is 0 Å². The van der Waals surface area contributed by atoms with Crippen molar-refractivity contribution in [1.82, 2.24) is 0 Å². The van der Waals surface area contributed by atoms with Crippen LogP contribution in [0.5, 0.6) is 0 Å². The lowest BCUT2D eigenvalue weighted by atomic mass is 10.0. The van der Waals surface area contributed by atoms with E-state index in [4.69, 9.17) is 10.5 Å². The Bertz CT molecular complexity index is 602. The Labute approximate surface area is 115 Å². The Balaban J connectivity index is 3.78. The van der Waals surface area contributed by atoms with Crippen molar-refractivity contribution in [3.05, 3.63) is 28.6 Å². The number of nitrogens with zero attached hydrogens (tertiary/aromatic N) is 3. The van der Waals surface area contributed by atoms with Crippen LogP contribution in [-0.2, 0) is 0 Å². The Hall–Kier alpha value is -2.21. The molecular weight excluding hydrogens is 267 g/mol. The van der Waals surface area contributed by atoms with Gasteiger partial charge in [-0.2, -0.15) is 10.5 Å². The molecule has 20 heavy (non-hydrogen) atoms. The molecule has 0 unspecified atom stereocenters. The molecule has 0 spiro atoms. The summed E-state index contributed by atoms with van der Waals surface area (Å²) in [5, 5.41) is 17.6. The van der Waals surface area contributed by atoms with E-state index < -0.39 is 34.3 Å². The predicted octanol–water partition coefficient (Wildman–Crippen LogP) is 3.47. The predicted molar refractivity (Wildman–Crippen MR) is 68.5 cm³/mol. The van der Waals surface area contributed by atoms with Gasteiger partial charge in [0.05, 0.1) is 0 Å². The highest BCUT2D eigenvalue weighted by atomic mass is 19.2. The fraction of sp³-hybridized carbons (Fsp3) is 0.429. The van der Waals surface area contributed by atoms with Crippen LogP contribution in [0.3, 0.4) is 0 Å². The van der Waals surface area contributed by atoms with Gasteiger partial charge < -0.3 is 4.90 Å². The molecule has 0 heterocycles. The molecule has 106 valence electrons. The van der Waals surface area contributed by atoms with E-state index in [0.717, 1.165) is 0 Å². The zero-order chi connectivity index (χ0) is 15.6. The highest BCUT2D eigenvalue weighted by Crippen LogP contribution is 2.33. The summed E-state index contributed by atoms with van der Waals surface area (Å²) in [5.41, 5.74) is -2.28. The van der Waals surface area contributed by atoms with Crippen LogP contribution < -0.4 is 4.90 Å². The molecule has 0 fully saturated rings. The first-order valence-corrected chi connectivity index (χ1v) is 6.06. The van der Waals surface area contributed by atoms with E-state index in [2.05, 4.69) is 0 Å². The molecule has 1 rings (SSSR count). The van der Waals surface area contributed by atoms with E-state index in [1.165, 1.54) is 17.0 Å². The summed E-state index contributed by atoms with van der Waals surface area (Å²) >= 11 is 0. The van der Waals surface area contributed by atoms with Crippen molar-refractivity contribution in [3.8, 4) is 12.1 Å². The van der Waals surface area contributed by atoms with Gasteiger partial charge in [-0.1, -0.05) is 0 Å². The van der Waals surface area contributed by atoms with Gasteiger partial charge in [-0.3, -0.25) is 0 Å². The lowest BCUT2D eigenvalue weighted by Crippen LogP contribution is -2.38. The number of nitriles is 2. The highest BCUT2D eigenvalue weighted by molar-refractivity contribution is 5.61. The minimum atomic E-state index is -1.49. The number of benzene rings is 1. The molecule has 0 saturated carbocycles. The molecular formula is C14H14F3N3. The zero-order valence-electron chi connectivity index (χ0n) is 11.6. The van der Waals surface area contributed by atoms with Gasteiger partial charge in [0.15, 0.2) is 17.5 Å². The fourth-order valence-electron chi connectivity index (χ4n) is 2.20. The molecule has 0 radical (unpaired) electrons. The molecule has 0 saturated heterocycles. The first kappa shape index (κ1) is 15.8. The fourth-order valence-corrected chi connectivity index (χ4v) is 2.20. The van der Waals surface area contributed by atoms with Gasteiger partial charge in [0.1, 0.15) is 29.0 Å². The third-order valence-corrected chi connectivity index (χ3v) is 2.89. The Morgan fingerprint density at radius 2 is 1.20 bits per heavy atom. The third kappa shape index (κ3) is 2.42. The molecule has 0 atom stereocenters. The number of rotatable bonds is 3. The summed E-state index contributed by atoms with van der Waals surface area (Å²) in [5.74, 6) is -4.14. The molecule has 1 aromatic rings. The van der Waals surface area contributed by atoms with Gasteiger partial charge >= 0.3 is 0 Å². The lowest BCUT2D eigenvalue weighted by Gasteiger charge is -2.33. The first-order valence-electron chi connectivity index (χ1n) is 6.06. The van der Waals surface area contributed by atoms with Gasteiger partial charge in [0.25, 0.3) is 0 Å². The normalized spacial score (nSPS) is 10.6. The largest absolute Gasteiger partial charge is 0.362 e. The molecule has 0 aliphatic rings. The molecule has 3 nitrogen and oxygen atoms in total. The van der Waals surface area contributed by atoms with Crippen molar-refractivity contribution < 1.29 is 13.2 Å².